The lowest BCUT2D eigenvalue weighted by Gasteiger charge is -2.11. The second kappa shape index (κ2) is 4.89. The Bertz CT molecular complexity index is 549. The number of aromatic nitrogens is 2. The summed E-state index contributed by atoms with van der Waals surface area (Å²) >= 11 is 3.87. The molecule has 0 atom stereocenters. The first-order valence-electron chi connectivity index (χ1n) is 5.38. The summed E-state index contributed by atoms with van der Waals surface area (Å²) < 4.78 is 0.968. The highest BCUT2D eigenvalue weighted by molar-refractivity contribution is 14.1. The molecule has 0 aliphatic carbocycles. The molecule has 2 aromatic rings. The van der Waals surface area contributed by atoms with Crippen LogP contribution in [0.2, 0.25) is 0 Å². The van der Waals surface area contributed by atoms with Crippen molar-refractivity contribution in [3.8, 4) is 10.7 Å². The van der Waals surface area contributed by atoms with Gasteiger partial charge in [-0.3, -0.25) is 0 Å². The fourth-order valence-corrected chi connectivity index (χ4v) is 3.29. The first-order chi connectivity index (χ1) is 8.00. The van der Waals surface area contributed by atoms with Gasteiger partial charge in [0.2, 0.25) is 0 Å². The maximum Gasteiger partial charge on any atom is 0.172 e. The predicted molar refractivity (Wildman–Crippen MR) is 81.3 cm³/mol. The lowest BCUT2D eigenvalue weighted by molar-refractivity contribution is 0.810. The Kier molecular flexibility index (Phi) is 3.67. The molecule has 17 heavy (non-hydrogen) atoms. The first-order valence-corrected chi connectivity index (χ1v) is 7.34. The molecule has 0 fully saturated rings. The van der Waals surface area contributed by atoms with Crippen LogP contribution < -0.4 is 5.73 Å². The van der Waals surface area contributed by atoms with Gasteiger partial charge in [0.15, 0.2) is 5.82 Å². The summed E-state index contributed by atoms with van der Waals surface area (Å²) in [4.78, 5) is 10.1. The van der Waals surface area contributed by atoms with E-state index in [1.54, 1.807) is 11.3 Å². The second-order valence-electron chi connectivity index (χ2n) is 4.22. The molecule has 0 aromatic carbocycles. The highest BCUT2D eigenvalue weighted by Gasteiger charge is 2.15. The number of nitrogen functional groups attached to an aromatic ring is 1. The van der Waals surface area contributed by atoms with Crippen LogP contribution >= 0.6 is 33.9 Å². The fraction of sp³-hybridized carbons (Fsp3) is 0.333. The highest BCUT2D eigenvalue weighted by atomic mass is 127. The van der Waals surface area contributed by atoms with Crippen LogP contribution in [0.4, 0.5) is 5.82 Å². The van der Waals surface area contributed by atoms with Gasteiger partial charge >= 0.3 is 0 Å². The van der Waals surface area contributed by atoms with Crippen molar-refractivity contribution in [1.29, 1.82) is 0 Å². The lowest BCUT2D eigenvalue weighted by Crippen LogP contribution is -2.06. The van der Waals surface area contributed by atoms with Crippen LogP contribution in [-0.4, -0.2) is 9.97 Å². The van der Waals surface area contributed by atoms with Gasteiger partial charge in [0.25, 0.3) is 0 Å². The van der Waals surface area contributed by atoms with E-state index in [4.69, 9.17) is 5.73 Å². The van der Waals surface area contributed by atoms with Gasteiger partial charge in [0.05, 0.1) is 14.1 Å². The molecule has 90 valence electrons. The molecule has 0 spiro atoms. The molecule has 0 saturated carbocycles. The lowest BCUT2D eigenvalue weighted by atomic mass is 10.1. The standard InChI is InChI=1S/C12H14IN3S/c1-6(2)9-8(13)11(14)16-12(15-9)10-7(3)4-5-17-10/h4-6H,1-3H3,(H2,14,15,16). The van der Waals surface area contributed by atoms with Crippen LogP contribution in [0.1, 0.15) is 31.0 Å². The summed E-state index contributed by atoms with van der Waals surface area (Å²) in [5.74, 6) is 1.68. The molecule has 0 bridgehead atoms. The number of aryl methyl sites for hydroxylation is 1. The van der Waals surface area contributed by atoms with E-state index in [0.717, 1.165) is 20.0 Å². The van der Waals surface area contributed by atoms with E-state index in [2.05, 4.69) is 64.8 Å². The molecule has 0 radical (unpaired) electrons. The quantitative estimate of drug-likeness (QED) is 0.830. The SMILES string of the molecule is Cc1ccsc1-c1nc(N)c(I)c(C(C)C)n1. The van der Waals surface area contributed by atoms with Crippen molar-refractivity contribution in [2.24, 2.45) is 0 Å². The summed E-state index contributed by atoms with van der Waals surface area (Å²) in [5.41, 5.74) is 8.19. The fourth-order valence-electron chi connectivity index (χ4n) is 1.57. The third kappa shape index (κ3) is 2.44. The van der Waals surface area contributed by atoms with Crippen molar-refractivity contribution in [2.45, 2.75) is 26.7 Å². The maximum absolute atomic E-state index is 5.96. The molecule has 2 aromatic heterocycles. The number of thiophene rings is 1. The van der Waals surface area contributed by atoms with E-state index in [9.17, 15) is 0 Å². The summed E-state index contributed by atoms with van der Waals surface area (Å²) in [6.45, 7) is 6.31. The topological polar surface area (TPSA) is 51.8 Å². The Morgan fingerprint density at radius 1 is 1.35 bits per heavy atom. The van der Waals surface area contributed by atoms with Crippen LogP contribution in [0.3, 0.4) is 0 Å². The molecule has 2 N–H and O–H groups in total. The molecule has 0 amide bonds. The zero-order valence-corrected chi connectivity index (χ0v) is 13.0. The Morgan fingerprint density at radius 2 is 2.06 bits per heavy atom. The molecule has 0 saturated heterocycles. The van der Waals surface area contributed by atoms with Crippen LogP contribution in [-0.2, 0) is 0 Å². The van der Waals surface area contributed by atoms with E-state index < -0.39 is 0 Å². The zero-order valence-electron chi connectivity index (χ0n) is 9.99. The van der Waals surface area contributed by atoms with Crippen LogP contribution in [0, 0.1) is 10.5 Å². The van der Waals surface area contributed by atoms with Gasteiger partial charge in [-0.25, -0.2) is 9.97 Å². The van der Waals surface area contributed by atoms with Gasteiger partial charge in [0.1, 0.15) is 5.82 Å². The summed E-state index contributed by atoms with van der Waals surface area (Å²) in [6, 6.07) is 2.08. The Balaban J connectivity index is 2.61. The molecule has 0 unspecified atom stereocenters. The van der Waals surface area contributed by atoms with E-state index in [-0.39, 0.29) is 0 Å². The van der Waals surface area contributed by atoms with Crippen LogP contribution in [0.15, 0.2) is 11.4 Å². The molecule has 5 heteroatoms. The van der Waals surface area contributed by atoms with Gasteiger partial charge in [0, 0.05) is 0 Å². The summed E-state index contributed by atoms with van der Waals surface area (Å²) in [7, 11) is 0. The van der Waals surface area contributed by atoms with Crippen molar-refractivity contribution in [3.63, 3.8) is 0 Å². The van der Waals surface area contributed by atoms with Gasteiger partial charge in [-0.15, -0.1) is 11.3 Å². The molecule has 0 aliphatic heterocycles. The number of nitrogens with two attached hydrogens (primary N) is 1. The van der Waals surface area contributed by atoms with Crippen molar-refractivity contribution in [1.82, 2.24) is 9.97 Å². The molecule has 0 aliphatic rings. The second-order valence-corrected chi connectivity index (χ2v) is 6.21. The highest BCUT2D eigenvalue weighted by Crippen LogP contribution is 2.30. The maximum atomic E-state index is 5.96. The molecule has 2 heterocycles. The van der Waals surface area contributed by atoms with Crippen molar-refractivity contribution in [2.75, 3.05) is 5.73 Å². The van der Waals surface area contributed by atoms with Crippen molar-refractivity contribution in [3.05, 3.63) is 26.3 Å². The number of nitrogens with zero attached hydrogens (tertiary/aromatic N) is 2. The van der Waals surface area contributed by atoms with Gasteiger partial charge in [-0.05, 0) is 52.4 Å². The third-order valence-electron chi connectivity index (χ3n) is 2.51. The predicted octanol–water partition coefficient (Wildman–Crippen LogP) is 3.82. The zero-order chi connectivity index (χ0) is 12.6. The van der Waals surface area contributed by atoms with E-state index in [0.29, 0.717) is 11.7 Å². The molecular weight excluding hydrogens is 345 g/mol. The van der Waals surface area contributed by atoms with Crippen LogP contribution in [0.25, 0.3) is 10.7 Å². The number of anilines is 1. The van der Waals surface area contributed by atoms with Gasteiger partial charge < -0.3 is 5.73 Å². The van der Waals surface area contributed by atoms with E-state index >= 15 is 0 Å². The van der Waals surface area contributed by atoms with Crippen molar-refractivity contribution >= 4 is 39.7 Å². The number of rotatable bonds is 2. The Morgan fingerprint density at radius 3 is 2.59 bits per heavy atom. The Hall–Kier alpha value is -0.690. The minimum Gasteiger partial charge on any atom is -0.383 e. The molecular formula is C12H14IN3S. The molecule has 3 nitrogen and oxygen atoms in total. The van der Waals surface area contributed by atoms with Crippen molar-refractivity contribution < 1.29 is 0 Å². The number of hydrogen-bond acceptors (Lipinski definition) is 4. The summed E-state index contributed by atoms with van der Waals surface area (Å²) in [5, 5.41) is 2.05. The number of halogens is 1. The third-order valence-corrected chi connectivity index (χ3v) is 4.63. The Labute approximate surface area is 119 Å². The average molecular weight is 359 g/mol. The number of hydrogen-bond donors (Lipinski definition) is 1. The van der Waals surface area contributed by atoms with E-state index in [1.165, 1.54) is 5.56 Å². The largest absolute Gasteiger partial charge is 0.383 e. The van der Waals surface area contributed by atoms with Gasteiger partial charge in [-0.1, -0.05) is 13.8 Å². The normalized spacial score (nSPS) is 11.1. The average Bonchev–Trinajstić information content (AvgIpc) is 2.68. The van der Waals surface area contributed by atoms with Gasteiger partial charge in [-0.2, -0.15) is 0 Å². The van der Waals surface area contributed by atoms with Crippen LogP contribution in [0.5, 0.6) is 0 Å². The summed E-state index contributed by atoms with van der Waals surface area (Å²) in [6.07, 6.45) is 0. The monoisotopic (exact) mass is 359 g/mol. The minimum atomic E-state index is 0.353. The minimum absolute atomic E-state index is 0.353. The smallest absolute Gasteiger partial charge is 0.172 e. The molecule has 2 rings (SSSR count). The first kappa shape index (κ1) is 12.8. The van der Waals surface area contributed by atoms with E-state index in [1.807, 2.05) is 0 Å².